The number of hydrogen-bond acceptors (Lipinski definition) is 6. The number of rotatable bonds is 5. The van der Waals surface area contributed by atoms with Gasteiger partial charge >= 0.3 is 0 Å². The third kappa shape index (κ3) is 3.90. The largest absolute Gasteiger partial charge is 0.504 e. The maximum absolute atomic E-state index is 12.9. The van der Waals surface area contributed by atoms with Crippen LogP contribution >= 0.6 is 35.7 Å². The molecule has 1 saturated heterocycles. The van der Waals surface area contributed by atoms with Gasteiger partial charge in [-0.3, -0.25) is 9.69 Å². The summed E-state index contributed by atoms with van der Waals surface area (Å²) in [4.78, 5) is 16.0. The van der Waals surface area contributed by atoms with Gasteiger partial charge in [0.15, 0.2) is 15.8 Å². The molecule has 1 fully saturated rings. The van der Waals surface area contributed by atoms with Crippen molar-refractivity contribution in [3.8, 4) is 11.5 Å². The number of phenolic OH excluding ortho intramolecular Hbond substituents is 1. The summed E-state index contributed by atoms with van der Waals surface area (Å²) >= 11 is 8.30. The van der Waals surface area contributed by atoms with Crippen molar-refractivity contribution in [1.82, 2.24) is 0 Å². The second-order valence-corrected chi connectivity index (χ2v) is 7.93. The van der Waals surface area contributed by atoms with E-state index >= 15 is 0 Å². The van der Waals surface area contributed by atoms with Crippen LogP contribution in [0.1, 0.15) is 12.5 Å². The lowest BCUT2D eigenvalue weighted by atomic mass is 10.2. The number of thioether (sulfide) groups is 2. The number of carbonyl (C=O) groups excluding carboxylic acids is 1. The number of ether oxygens (including phenoxy) is 1. The van der Waals surface area contributed by atoms with E-state index in [9.17, 15) is 9.90 Å². The smallest absolute Gasteiger partial charge is 0.270 e. The molecule has 0 unspecified atom stereocenters. The number of phenols is 1. The average Bonchev–Trinajstić information content (AvgIpc) is 2.91. The molecule has 2 aromatic carbocycles. The van der Waals surface area contributed by atoms with Crippen LogP contribution < -0.4 is 9.64 Å². The Kier molecular flexibility index (Phi) is 5.90. The molecular formula is C19H17NO3S3. The Balaban J connectivity index is 1.91. The second-order valence-electron chi connectivity index (χ2n) is 5.38. The molecule has 1 aliphatic heterocycles. The van der Waals surface area contributed by atoms with E-state index in [4.69, 9.17) is 17.0 Å². The molecule has 1 amide bonds. The number of anilines is 1. The van der Waals surface area contributed by atoms with Crippen LogP contribution in [0.4, 0.5) is 5.69 Å². The zero-order chi connectivity index (χ0) is 18.7. The SMILES string of the molecule is CCOc1cc(/C=C2/SC(=S)N(c3cccc(SC)c3)C2=O)ccc1O. The average molecular weight is 404 g/mol. The molecule has 4 nitrogen and oxygen atoms in total. The van der Waals surface area contributed by atoms with E-state index in [2.05, 4.69) is 0 Å². The predicted octanol–water partition coefficient (Wildman–Crippen LogP) is 4.92. The first-order chi connectivity index (χ1) is 12.5. The van der Waals surface area contributed by atoms with Crippen molar-refractivity contribution in [2.24, 2.45) is 0 Å². The highest BCUT2D eigenvalue weighted by Crippen LogP contribution is 2.37. The first-order valence-electron chi connectivity index (χ1n) is 7.91. The van der Waals surface area contributed by atoms with Crippen LogP contribution in [-0.4, -0.2) is 28.2 Å². The van der Waals surface area contributed by atoms with Crippen molar-refractivity contribution in [3.05, 3.63) is 52.9 Å². The van der Waals surface area contributed by atoms with Crippen LogP contribution in [-0.2, 0) is 4.79 Å². The summed E-state index contributed by atoms with van der Waals surface area (Å²) in [6.07, 6.45) is 3.75. The fourth-order valence-electron chi connectivity index (χ4n) is 2.48. The van der Waals surface area contributed by atoms with Crippen molar-refractivity contribution < 1.29 is 14.6 Å². The summed E-state index contributed by atoms with van der Waals surface area (Å²) in [7, 11) is 0. The molecule has 7 heteroatoms. The fraction of sp³-hybridized carbons (Fsp3) is 0.158. The molecule has 0 aromatic heterocycles. The molecule has 1 N–H and O–H groups in total. The van der Waals surface area contributed by atoms with E-state index in [0.29, 0.717) is 21.6 Å². The number of nitrogens with zero attached hydrogens (tertiary/aromatic N) is 1. The molecule has 0 saturated carbocycles. The summed E-state index contributed by atoms with van der Waals surface area (Å²) in [5.74, 6) is 0.319. The van der Waals surface area contributed by atoms with Crippen LogP contribution in [0.25, 0.3) is 6.08 Å². The van der Waals surface area contributed by atoms with Gasteiger partial charge < -0.3 is 9.84 Å². The number of thiocarbonyl (C=S) groups is 1. The highest BCUT2D eigenvalue weighted by atomic mass is 32.2. The van der Waals surface area contributed by atoms with E-state index in [1.54, 1.807) is 40.9 Å². The van der Waals surface area contributed by atoms with E-state index in [0.717, 1.165) is 16.1 Å². The van der Waals surface area contributed by atoms with Crippen LogP contribution in [0.2, 0.25) is 0 Å². The summed E-state index contributed by atoms with van der Waals surface area (Å²) in [6, 6.07) is 12.7. The Morgan fingerprint density at radius 1 is 1.31 bits per heavy atom. The van der Waals surface area contributed by atoms with Crippen molar-refractivity contribution in [3.63, 3.8) is 0 Å². The molecule has 0 atom stereocenters. The molecular weight excluding hydrogens is 386 g/mol. The van der Waals surface area contributed by atoms with E-state index in [1.807, 2.05) is 37.4 Å². The van der Waals surface area contributed by atoms with Crippen LogP contribution in [0.3, 0.4) is 0 Å². The van der Waals surface area contributed by atoms with Crippen molar-refractivity contribution >= 4 is 57.7 Å². The quantitative estimate of drug-likeness (QED) is 0.434. The zero-order valence-electron chi connectivity index (χ0n) is 14.3. The zero-order valence-corrected chi connectivity index (χ0v) is 16.7. The normalized spacial score (nSPS) is 15.8. The molecule has 3 rings (SSSR count). The van der Waals surface area contributed by atoms with E-state index in [1.165, 1.54) is 11.8 Å². The third-order valence-corrected chi connectivity index (χ3v) is 5.71. The van der Waals surface area contributed by atoms with Gasteiger partial charge in [0.1, 0.15) is 0 Å². The molecule has 0 radical (unpaired) electrons. The fourth-order valence-corrected chi connectivity index (χ4v) is 4.24. The lowest BCUT2D eigenvalue weighted by molar-refractivity contribution is -0.113. The van der Waals surface area contributed by atoms with Gasteiger partial charge in [-0.1, -0.05) is 36.1 Å². The van der Waals surface area contributed by atoms with Gasteiger partial charge in [-0.05, 0) is 55.2 Å². The topological polar surface area (TPSA) is 49.8 Å². The number of benzene rings is 2. The standard InChI is InChI=1S/C19H17NO3S3/c1-3-23-16-9-12(7-8-15(16)21)10-17-18(22)20(19(24)26-17)13-5-4-6-14(11-13)25-2/h4-11,21H,3H2,1-2H3/b17-10+. The Morgan fingerprint density at radius 2 is 2.12 bits per heavy atom. The summed E-state index contributed by atoms with van der Waals surface area (Å²) in [5, 5.41) is 9.81. The highest BCUT2D eigenvalue weighted by Gasteiger charge is 2.33. The lowest BCUT2D eigenvalue weighted by Crippen LogP contribution is -2.27. The lowest BCUT2D eigenvalue weighted by Gasteiger charge is -2.15. The van der Waals surface area contributed by atoms with Gasteiger partial charge in [0, 0.05) is 4.90 Å². The summed E-state index contributed by atoms with van der Waals surface area (Å²) in [6.45, 7) is 2.30. The molecule has 1 aliphatic rings. The van der Waals surface area contributed by atoms with Gasteiger partial charge in [0.25, 0.3) is 5.91 Å². The minimum absolute atomic E-state index is 0.0745. The molecule has 134 valence electrons. The maximum atomic E-state index is 12.9. The summed E-state index contributed by atoms with van der Waals surface area (Å²) in [5.41, 5.74) is 1.54. The Bertz CT molecular complexity index is 895. The Morgan fingerprint density at radius 3 is 2.85 bits per heavy atom. The maximum Gasteiger partial charge on any atom is 0.270 e. The first kappa shape index (κ1) is 18.8. The molecule has 0 aliphatic carbocycles. The molecule has 2 aromatic rings. The van der Waals surface area contributed by atoms with E-state index < -0.39 is 0 Å². The monoisotopic (exact) mass is 403 g/mol. The van der Waals surface area contributed by atoms with Crippen LogP contribution in [0.15, 0.2) is 52.3 Å². The van der Waals surface area contributed by atoms with Gasteiger partial charge in [0.05, 0.1) is 17.2 Å². The highest BCUT2D eigenvalue weighted by molar-refractivity contribution is 8.27. The van der Waals surface area contributed by atoms with Crippen molar-refractivity contribution in [2.45, 2.75) is 11.8 Å². The van der Waals surface area contributed by atoms with Crippen LogP contribution in [0, 0.1) is 0 Å². The molecule has 0 spiro atoms. The van der Waals surface area contributed by atoms with Gasteiger partial charge in [-0.2, -0.15) is 0 Å². The minimum atomic E-state index is -0.149. The molecule has 0 bridgehead atoms. The summed E-state index contributed by atoms with van der Waals surface area (Å²) < 4.78 is 5.90. The minimum Gasteiger partial charge on any atom is -0.504 e. The van der Waals surface area contributed by atoms with Gasteiger partial charge in [-0.25, -0.2) is 0 Å². The van der Waals surface area contributed by atoms with Gasteiger partial charge in [-0.15, -0.1) is 11.8 Å². The van der Waals surface area contributed by atoms with Crippen molar-refractivity contribution in [2.75, 3.05) is 17.8 Å². The number of aromatic hydroxyl groups is 1. The van der Waals surface area contributed by atoms with Crippen LogP contribution in [0.5, 0.6) is 11.5 Å². The Labute approximate surface area is 166 Å². The van der Waals surface area contributed by atoms with Crippen molar-refractivity contribution in [1.29, 1.82) is 0 Å². The first-order valence-corrected chi connectivity index (χ1v) is 10.4. The number of hydrogen-bond donors (Lipinski definition) is 1. The second kappa shape index (κ2) is 8.16. The number of amides is 1. The molecule has 1 heterocycles. The van der Waals surface area contributed by atoms with E-state index in [-0.39, 0.29) is 11.7 Å². The Hall–Kier alpha value is -1.96. The van der Waals surface area contributed by atoms with Gasteiger partial charge in [0.2, 0.25) is 0 Å². The third-order valence-electron chi connectivity index (χ3n) is 3.69. The number of carbonyl (C=O) groups is 1. The predicted molar refractivity (Wildman–Crippen MR) is 113 cm³/mol. The molecule has 26 heavy (non-hydrogen) atoms.